The van der Waals surface area contributed by atoms with Crippen LogP contribution in [-0.4, -0.2) is 16.0 Å². The van der Waals surface area contributed by atoms with Gasteiger partial charge in [-0.1, -0.05) is 5.16 Å². The highest BCUT2D eigenvalue weighted by molar-refractivity contribution is 7.80. The lowest BCUT2D eigenvalue weighted by atomic mass is 10.2. The minimum atomic E-state index is -0.605. The second-order valence-corrected chi connectivity index (χ2v) is 4.10. The van der Waals surface area contributed by atoms with Gasteiger partial charge in [0.1, 0.15) is 5.82 Å². The van der Waals surface area contributed by atoms with Crippen molar-refractivity contribution in [1.82, 2.24) is 15.5 Å². The SMILES string of the molecule is Cc1noc(CNC(=O)c2cc(S)ccc2F)n1. The van der Waals surface area contributed by atoms with E-state index in [0.717, 1.165) is 0 Å². The number of amides is 1. The molecule has 2 rings (SSSR count). The molecule has 0 unspecified atom stereocenters. The van der Waals surface area contributed by atoms with Crippen molar-refractivity contribution in [1.29, 1.82) is 0 Å². The molecule has 0 fully saturated rings. The number of thiol groups is 1. The van der Waals surface area contributed by atoms with Crippen molar-refractivity contribution in [2.75, 3.05) is 0 Å². The van der Waals surface area contributed by atoms with E-state index in [-0.39, 0.29) is 18.0 Å². The number of carbonyl (C=O) groups excluding carboxylic acids is 1. The van der Waals surface area contributed by atoms with Crippen LogP contribution in [-0.2, 0) is 6.54 Å². The highest BCUT2D eigenvalue weighted by Crippen LogP contribution is 2.13. The summed E-state index contributed by atoms with van der Waals surface area (Å²) in [5.41, 5.74) is -0.0706. The van der Waals surface area contributed by atoms with E-state index in [9.17, 15) is 9.18 Å². The molecule has 0 aliphatic carbocycles. The molecule has 1 heterocycles. The predicted molar refractivity (Wildman–Crippen MR) is 63.9 cm³/mol. The molecule has 18 heavy (non-hydrogen) atoms. The number of carbonyl (C=O) groups is 1. The minimum Gasteiger partial charge on any atom is -0.343 e. The Morgan fingerprint density at radius 2 is 2.33 bits per heavy atom. The van der Waals surface area contributed by atoms with Gasteiger partial charge in [-0.15, -0.1) is 12.6 Å². The first-order valence-electron chi connectivity index (χ1n) is 5.12. The van der Waals surface area contributed by atoms with Crippen molar-refractivity contribution in [3.8, 4) is 0 Å². The van der Waals surface area contributed by atoms with Crippen LogP contribution in [0.15, 0.2) is 27.6 Å². The number of hydrogen-bond donors (Lipinski definition) is 2. The van der Waals surface area contributed by atoms with Crippen LogP contribution in [0.1, 0.15) is 22.1 Å². The van der Waals surface area contributed by atoms with Crippen molar-refractivity contribution < 1.29 is 13.7 Å². The first-order chi connectivity index (χ1) is 8.56. The maximum absolute atomic E-state index is 13.4. The first-order valence-corrected chi connectivity index (χ1v) is 5.57. The molecule has 0 bridgehead atoms. The van der Waals surface area contributed by atoms with E-state index in [1.807, 2.05) is 0 Å². The lowest BCUT2D eigenvalue weighted by molar-refractivity contribution is 0.0942. The zero-order valence-electron chi connectivity index (χ0n) is 9.48. The summed E-state index contributed by atoms with van der Waals surface area (Å²) in [6.07, 6.45) is 0. The van der Waals surface area contributed by atoms with E-state index < -0.39 is 11.7 Å². The fourth-order valence-electron chi connectivity index (χ4n) is 1.35. The van der Waals surface area contributed by atoms with Crippen LogP contribution in [0.25, 0.3) is 0 Å². The van der Waals surface area contributed by atoms with Gasteiger partial charge < -0.3 is 9.84 Å². The molecular formula is C11H10FN3O2S. The van der Waals surface area contributed by atoms with Gasteiger partial charge in [0.05, 0.1) is 12.1 Å². The van der Waals surface area contributed by atoms with Crippen molar-refractivity contribution in [3.05, 3.63) is 41.3 Å². The van der Waals surface area contributed by atoms with E-state index in [0.29, 0.717) is 10.7 Å². The number of benzene rings is 1. The summed E-state index contributed by atoms with van der Waals surface area (Å²) >= 11 is 4.05. The summed E-state index contributed by atoms with van der Waals surface area (Å²) in [6, 6.07) is 4.01. The van der Waals surface area contributed by atoms with Crippen LogP contribution in [0.3, 0.4) is 0 Å². The van der Waals surface area contributed by atoms with Crippen molar-refractivity contribution >= 4 is 18.5 Å². The van der Waals surface area contributed by atoms with Crippen LogP contribution in [0.4, 0.5) is 4.39 Å². The van der Waals surface area contributed by atoms with Crippen molar-refractivity contribution in [2.45, 2.75) is 18.4 Å². The van der Waals surface area contributed by atoms with Gasteiger partial charge >= 0.3 is 0 Å². The van der Waals surface area contributed by atoms with E-state index in [1.54, 1.807) is 6.92 Å². The highest BCUT2D eigenvalue weighted by Gasteiger charge is 2.13. The van der Waals surface area contributed by atoms with Gasteiger partial charge in [-0.3, -0.25) is 4.79 Å². The number of nitrogens with zero attached hydrogens (tertiary/aromatic N) is 2. The van der Waals surface area contributed by atoms with Gasteiger partial charge in [-0.2, -0.15) is 4.98 Å². The topological polar surface area (TPSA) is 68.0 Å². The molecule has 0 aliphatic heterocycles. The zero-order chi connectivity index (χ0) is 13.1. The van der Waals surface area contributed by atoms with E-state index in [1.165, 1.54) is 18.2 Å². The molecule has 94 valence electrons. The molecule has 1 aromatic carbocycles. The molecule has 1 amide bonds. The molecule has 0 aliphatic rings. The van der Waals surface area contributed by atoms with Gasteiger partial charge in [-0.05, 0) is 25.1 Å². The molecular weight excluding hydrogens is 257 g/mol. The Balaban J connectivity index is 2.05. The van der Waals surface area contributed by atoms with E-state index in [4.69, 9.17) is 4.52 Å². The van der Waals surface area contributed by atoms with Crippen LogP contribution in [0, 0.1) is 12.7 Å². The fraction of sp³-hybridized carbons (Fsp3) is 0.182. The Morgan fingerprint density at radius 1 is 1.56 bits per heavy atom. The second-order valence-electron chi connectivity index (χ2n) is 3.58. The third kappa shape index (κ3) is 2.86. The fourth-order valence-corrected chi connectivity index (χ4v) is 1.55. The van der Waals surface area contributed by atoms with E-state index >= 15 is 0 Å². The molecule has 1 aromatic heterocycles. The number of hydrogen-bond acceptors (Lipinski definition) is 5. The molecule has 7 heteroatoms. The standard InChI is InChI=1S/C11H10FN3O2S/c1-6-14-10(17-15-6)5-13-11(16)8-4-7(18)2-3-9(8)12/h2-4,18H,5H2,1H3,(H,13,16). The maximum Gasteiger partial charge on any atom is 0.254 e. The average molecular weight is 267 g/mol. The second kappa shape index (κ2) is 5.18. The van der Waals surface area contributed by atoms with Crippen LogP contribution < -0.4 is 5.32 Å². The smallest absolute Gasteiger partial charge is 0.254 e. The molecule has 0 saturated heterocycles. The maximum atomic E-state index is 13.4. The monoisotopic (exact) mass is 267 g/mol. The number of nitrogens with one attached hydrogen (secondary N) is 1. The molecule has 1 N–H and O–H groups in total. The molecule has 5 nitrogen and oxygen atoms in total. The number of rotatable bonds is 3. The number of aryl methyl sites for hydroxylation is 1. The summed E-state index contributed by atoms with van der Waals surface area (Å²) in [7, 11) is 0. The lowest BCUT2D eigenvalue weighted by Gasteiger charge is -2.04. The molecule has 0 spiro atoms. The van der Waals surface area contributed by atoms with Crippen molar-refractivity contribution in [2.24, 2.45) is 0 Å². The number of aromatic nitrogens is 2. The third-order valence-electron chi connectivity index (χ3n) is 2.16. The largest absolute Gasteiger partial charge is 0.343 e. The minimum absolute atomic E-state index is 0.0515. The zero-order valence-corrected chi connectivity index (χ0v) is 10.4. The third-order valence-corrected chi connectivity index (χ3v) is 2.44. The van der Waals surface area contributed by atoms with Gasteiger partial charge in [-0.25, -0.2) is 4.39 Å². The highest BCUT2D eigenvalue weighted by atomic mass is 32.1. The Kier molecular flexibility index (Phi) is 3.61. The first kappa shape index (κ1) is 12.6. The van der Waals surface area contributed by atoms with Gasteiger partial charge in [0, 0.05) is 4.90 Å². The quantitative estimate of drug-likeness (QED) is 0.831. The number of halogens is 1. The Hall–Kier alpha value is -1.89. The van der Waals surface area contributed by atoms with Crippen LogP contribution in [0.2, 0.25) is 0 Å². The van der Waals surface area contributed by atoms with Gasteiger partial charge in [0.2, 0.25) is 5.89 Å². The van der Waals surface area contributed by atoms with Crippen LogP contribution in [0.5, 0.6) is 0 Å². The molecule has 0 atom stereocenters. The Bertz CT molecular complexity index is 585. The Morgan fingerprint density at radius 3 is 3.00 bits per heavy atom. The summed E-state index contributed by atoms with van der Waals surface area (Å²) in [6.45, 7) is 1.72. The summed E-state index contributed by atoms with van der Waals surface area (Å²) in [5.74, 6) is -0.419. The summed E-state index contributed by atoms with van der Waals surface area (Å²) in [5, 5.41) is 6.06. The lowest BCUT2D eigenvalue weighted by Crippen LogP contribution is -2.24. The summed E-state index contributed by atoms with van der Waals surface area (Å²) in [4.78, 5) is 16.1. The van der Waals surface area contributed by atoms with Gasteiger partial charge in [0.25, 0.3) is 5.91 Å². The predicted octanol–water partition coefficient (Wildman–Crippen LogP) is 1.74. The van der Waals surface area contributed by atoms with E-state index in [2.05, 4.69) is 28.1 Å². The molecule has 0 radical (unpaired) electrons. The molecule has 0 saturated carbocycles. The van der Waals surface area contributed by atoms with Crippen molar-refractivity contribution in [3.63, 3.8) is 0 Å². The van der Waals surface area contributed by atoms with Gasteiger partial charge in [0.15, 0.2) is 5.82 Å². The molecule has 2 aromatic rings. The normalized spacial score (nSPS) is 10.4. The summed E-state index contributed by atoms with van der Waals surface area (Å²) < 4.78 is 18.2. The Labute approximate surface area is 108 Å². The average Bonchev–Trinajstić information content (AvgIpc) is 2.75. The van der Waals surface area contributed by atoms with Crippen LogP contribution >= 0.6 is 12.6 Å².